The van der Waals surface area contributed by atoms with Crippen molar-refractivity contribution in [2.45, 2.75) is 26.2 Å². The zero-order valence-corrected chi connectivity index (χ0v) is 13.9. The standard InChI is InChI=1S/C17H18O8/c1-11(8-15(19)20)17(22)24-7-3-4-16(21)25-13-6-5-12(10-18)9-14(13)23-2/h6,8-9H,3-5,7H2,1-2H3,(H,19,20)/b11-8-. The topological polar surface area (TPSA) is 116 Å². The molecule has 0 spiro atoms. The fourth-order valence-corrected chi connectivity index (χ4v) is 1.83. The zero-order chi connectivity index (χ0) is 18.8. The lowest BCUT2D eigenvalue weighted by Crippen LogP contribution is -2.12. The van der Waals surface area contributed by atoms with E-state index in [1.807, 2.05) is 0 Å². The summed E-state index contributed by atoms with van der Waals surface area (Å²) >= 11 is 0. The van der Waals surface area contributed by atoms with E-state index in [0.29, 0.717) is 5.57 Å². The number of ether oxygens (including phenoxy) is 3. The van der Waals surface area contributed by atoms with Crippen LogP contribution in [0.2, 0.25) is 0 Å². The van der Waals surface area contributed by atoms with Gasteiger partial charge in [-0.15, -0.1) is 0 Å². The summed E-state index contributed by atoms with van der Waals surface area (Å²) < 4.78 is 15.0. The summed E-state index contributed by atoms with van der Waals surface area (Å²) in [5.74, 6) is -0.345. The fraction of sp³-hybridized carbons (Fsp3) is 0.353. The molecule has 8 heteroatoms. The summed E-state index contributed by atoms with van der Waals surface area (Å²) in [5, 5.41) is 8.52. The molecule has 0 radical (unpaired) electrons. The second-order valence-corrected chi connectivity index (χ2v) is 4.99. The summed E-state index contributed by atoms with van der Waals surface area (Å²) in [6, 6.07) is 0. The number of carboxylic acid groups (broad SMARTS) is 1. The molecule has 1 aliphatic rings. The van der Waals surface area contributed by atoms with Crippen molar-refractivity contribution in [1.29, 1.82) is 0 Å². The molecule has 1 aliphatic carbocycles. The third kappa shape index (κ3) is 6.88. The van der Waals surface area contributed by atoms with Crippen molar-refractivity contribution in [1.82, 2.24) is 0 Å². The molecule has 134 valence electrons. The normalized spacial score (nSPS) is 14.0. The molecular weight excluding hydrogens is 332 g/mol. The van der Waals surface area contributed by atoms with Crippen LogP contribution in [0.25, 0.3) is 0 Å². The molecule has 0 heterocycles. The number of carboxylic acids is 1. The van der Waals surface area contributed by atoms with Crippen molar-refractivity contribution < 1.29 is 38.5 Å². The number of carbonyl (C=O) groups excluding carboxylic acids is 3. The van der Waals surface area contributed by atoms with Gasteiger partial charge < -0.3 is 19.3 Å². The van der Waals surface area contributed by atoms with E-state index >= 15 is 0 Å². The molecule has 0 aromatic heterocycles. The molecule has 1 rings (SSSR count). The number of allylic oxidation sites excluding steroid dienone is 3. The average Bonchev–Trinajstić information content (AvgIpc) is 2.58. The molecule has 25 heavy (non-hydrogen) atoms. The van der Waals surface area contributed by atoms with Crippen LogP contribution in [0.15, 0.2) is 40.9 Å². The van der Waals surface area contributed by atoms with Gasteiger partial charge in [-0.05, 0) is 25.5 Å². The molecule has 0 saturated heterocycles. The maximum absolute atomic E-state index is 11.8. The van der Waals surface area contributed by atoms with Gasteiger partial charge in [-0.25, -0.2) is 14.4 Å². The second-order valence-electron chi connectivity index (χ2n) is 4.99. The van der Waals surface area contributed by atoms with Gasteiger partial charge in [0.1, 0.15) is 5.94 Å². The Bertz CT molecular complexity index is 689. The highest BCUT2D eigenvalue weighted by Crippen LogP contribution is 2.23. The Balaban J connectivity index is 2.40. The summed E-state index contributed by atoms with van der Waals surface area (Å²) in [5.41, 5.74) is 0.338. The monoisotopic (exact) mass is 350 g/mol. The lowest BCUT2D eigenvalue weighted by Gasteiger charge is -2.15. The first-order valence-corrected chi connectivity index (χ1v) is 7.36. The van der Waals surface area contributed by atoms with E-state index in [0.717, 1.165) is 6.08 Å². The minimum Gasteiger partial charge on any atom is -0.493 e. The highest BCUT2D eigenvalue weighted by molar-refractivity contribution is 5.95. The van der Waals surface area contributed by atoms with E-state index < -0.39 is 17.9 Å². The number of hydrogen-bond acceptors (Lipinski definition) is 7. The molecule has 0 aromatic carbocycles. The van der Waals surface area contributed by atoms with Crippen LogP contribution in [0.5, 0.6) is 0 Å². The summed E-state index contributed by atoms with van der Waals surface area (Å²) in [7, 11) is 1.38. The zero-order valence-electron chi connectivity index (χ0n) is 13.9. The van der Waals surface area contributed by atoms with E-state index in [1.165, 1.54) is 26.2 Å². The SMILES string of the molecule is COC1=CC(=C=O)CC=C1OC(=O)CCCOC(=O)/C(C)=C\C(=O)O. The highest BCUT2D eigenvalue weighted by atomic mass is 16.6. The van der Waals surface area contributed by atoms with Crippen LogP contribution in [0.4, 0.5) is 0 Å². The van der Waals surface area contributed by atoms with Gasteiger partial charge in [-0.3, -0.25) is 4.79 Å². The van der Waals surface area contributed by atoms with Gasteiger partial charge >= 0.3 is 17.9 Å². The quantitative estimate of drug-likeness (QED) is 0.303. The predicted octanol–water partition coefficient (Wildman–Crippen LogP) is 1.46. The summed E-state index contributed by atoms with van der Waals surface area (Å²) in [6.45, 7) is 1.27. The van der Waals surface area contributed by atoms with Crippen molar-refractivity contribution in [3.8, 4) is 0 Å². The van der Waals surface area contributed by atoms with Gasteiger partial charge in [-0.2, -0.15) is 0 Å². The number of hydrogen-bond donors (Lipinski definition) is 1. The number of rotatable bonds is 8. The first-order chi connectivity index (χ1) is 11.9. The Morgan fingerprint density at radius 1 is 1.32 bits per heavy atom. The van der Waals surface area contributed by atoms with Gasteiger partial charge in [-0.1, -0.05) is 0 Å². The Labute approximate surface area is 144 Å². The van der Waals surface area contributed by atoms with Crippen LogP contribution in [0, 0.1) is 0 Å². The molecule has 0 bridgehead atoms. The van der Waals surface area contributed by atoms with Crippen molar-refractivity contribution in [3.63, 3.8) is 0 Å². The van der Waals surface area contributed by atoms with E-state index in [1.54, 1.807) is 5.94 Å². The Kier molecular flexibility index (Phi) is 7.89. The second kappa shape index (κ2) is 9.89. The van der Waals surface area contributed by atoms with E-state index in [2.05, 4.69) is 0 Å². The summed E-state index contributed by atoms with van der Waals surface area (Å²) in [4.78, 5) is 44.3. The minimum atomic E-state index is -1.24. The number of carbonyl (C=O) groups is 3. The van der Waals surface area contributed by atoms with Gasteiger partial charge in [0.05, 0.1) is 13.7 Å². The molecule has 0 unspecified atom stereocenters. The van der Waals surface area contributed by atoms with Gasteiger partial charge in [0.2, 0.25) is 0 Å². The van der Waals surface area contributed by atoms with Gasteiger partial charge in [0, 0.05) is 30.1 Å². The smallest absolute Gasteiger partial charge is 0.333 e. The first kappa shape index (κ1) is 19.9. The number of methoxy groups -OCH3 is 1. The largest absolute Gasteiger partial charge is 0.493 e. The van der Waals surface area contributed by atoms with Crippen molar-refractivity contribution in [2.24, 2.45) is 0 Å². The third-order valence-electron chi connectivity index (χ3n) is 3.05. The third-order valence-corrected chi connectivity index (χ3v) is 3.05. The van der Waals surface area contributed by atoms with Crippen LogP contribution >= 0.6 is 0 Å². The molecule has 0 amide bonds. The van der Waals surface area contributed by atoms with Crippen LogP contribution in [-0.4, -0.2) is 42.7 Å². The Morgan fingerprint density at radius 2 is 2.04 bits per heavy atom. The molecule has 0 atom stereocenters. The minimum absolute atomic E-state index is 0.0142. The lowest BCUT2D eigenvalue weighted by atomic mass is 10.1. The van der Waals surface area contributed by atoms with Crippen molar-refractivity contribution in [3.05, 3.63) is 40.9 Å². The average molecular weight is 350 g/mol. The van der Waals surface area contributed by atoms with E-state index in [9.17, 15) is 19.2 Å². The molecule has 0 aliphatic heterocycles. The van der Waals surface area contributed by atoms with Gasteiger partial charge in [0.25, 0.3) is 0 Å². The van der Waals surface area contributed by atoms with Crippen LogP contribution < -0.4 is 0 Å². The number of aliphatic carboxylic acids is 1. The lowest BCUT2D eigenvalue weighted by molar-refractivity contribution is -0.143. The maximum atomic E-state index is 11.8. The van der Waals surface area contributed by atoms with Crippen molar-refractivity contribution >= 4 is 23.8 Å². The number of esters is 2. The van der Waals surface area contributed by atoms with Gasteiger partial charge in [0.15, 0.2) is 11.5 Å². The van der Waals surface area contributed by atoms with E-state index in [-0.39, 0.29) is 43.0 Å². The molecule has 0 aromatic rings. The molecule has 8 nitrogen and oxygen atoms in total. The molecule has 0 fully saturated rings. The van der Waals surface area contributed by atoms with Crippen LogP contribution in [0.1, 0.15) is 26.2 Å². The van der Waals surface area contributed by atoms with Crippen LogP contribution in [-0.2, 0) is 33.4 Å². The molecular formula is C17H18O8. The predicted molar refractivity (Wildman–Crippen MR) is 84.7 cm³/mol. The molecule has 0 saturated carbocycles. The van der Waals surface area contributed by atoms with Crippen molar-refractivity contribution in [2.75, 3.05) is 13.7 Å². The molecule has 1 N–H and O–H groups in total. The van der Waals surface area contributed by atoms with E-state index in [4.69, 9.17) is 19.3 Å². The Morgan fingerprint density at radius 3 is 2.64 bits per heavy atom. The van der Waals surface area contributed by atoms with Crippen LogP contribution in [0.3, 0.4) is 0 Å². The highest BCUT2D eigenvalue weighted by Gasteiger charge is 2.17. The first-order valence-electron chi connectivity index (χ1n) is 7.36. The maximum Gasteiger partial charge on any atom is 0.333 e. The summed E-state index contributed by atoms with van der Waals surface area (Å²) in [6.07, 6.45) is 4.20. The Hall–Kier alpha value is -3.12. The fourth-order valence-electron chi connectivity index (χ4n) is 1.83.